The first kappa shape index (κ1) is 22.0. The fourth-order valence-corrected chi connectivity index (χ4v) is 4.39. The van der Waals surface area contributed by atoms with Gasteiger partial charge in [-0.15, -0.1) is 0 Å². The molecule has 2 heteroatoms. The Kier molecular flexibility index (Phi) is 7.45. The number of rotatable bonds is 9. The molecular formula is C30H34N2. The van der Waals surface area contributed by atoms with Gasteiger partial charge in [0.15, 0.2) is 0 Å². The van der Waals surface area contributed by atoms with Crippen LogP contribution in [0.15, 0.2) is 109 Å². The normalized spacial score (nSPS) is 15.3. The van der Waals surface area contributed by atoms with Crippen LogP contribution in [0.2, 0.25) is 0 Å². The fourth-order valence-electron chi connectivity index (χ4n) is 4.39. The summed E-state index contributed by atoms with van der Waals surface area (Å²) < 4.78 is 0. The maximum Gasteiger partial charge on any atom is 0.0429 e. The number of allylic oxidation sites excluding steroid dienone is 2. The van der Waals surface area contributed by atoms with Crippen LogP contribution < -0.4 is 9.80 Å². The maximum absolute atomic E-state index is 2.43. The van der Waals surface area contributed by atoms with E-state index in [1.54, 1.807) is 0 Å². The summed E-state index contributed by atoms with van der Waals surface area (Å²) >= 11 is 0. The summed E-state index contributed by atoms with van der Waals surface area (Å²) in [5.41, 5.74) is 6.74. The van der Waals surface area contributed by atoms with Crippen LogP contribution in [0.4, 0.5) is 11.4 Å². The Bertz CT molecular complexity index is 1020. The van der Waals surface area contributed by atoms with Crippen molar-refractivity contribution in [2.75, 3.05) is 29.4 Å². The molecule has 0 saturated heterocycles. The summed E-state index contributed by atoms with van der Waals surface area (Å²) in [6, 6.07) is 30.6. The molecule has 1 atom stereocenters. The van der Waals surface area contributed by atoms with Crippen LogP contribution in [-0.4, -0.2) is 19.6 Å². The van der Waals surface area contributed by atoms with Crippen LogP contribution in [-0.2, 0) is 6.54 Å². The van der Waals surface area contributed by atoms with Gasteiger partial charge in [-0.25, -0.2) is 0 Å². The van der Waals surface area contributed by atoms with Crippen molar-refractivity contribution in [2.24, 2.45) is 0 Å². The van der Waals surface area contributed by atoms with Gasteiger partial charge in [-0.3, -0.25) is 0 Å². The highest BCUT2D eigenvalue weighted by Gasteiger charge is 2.14. The van der Waals surface area contributed by atoms with Crippen molar-refractivity contribution in [2.45, 2.75) is 32.7 Å². The van der Waals surface area contributed by atoms with Crippen molar-refractivity contribution in [3.63, 3.8) is 0 Å². The van der Waals surface area contributed by atoms with E-state index in [4.69, 9.17) is 0 Å². The first-order valence-corrected chi connectivity index (χ1v) is 11.8. The Labute approximate surface area is 193 Å². The zero-order valence-corrected chi connectivity index (χ0v) is 19.3. The van der Waals surface area contributed by atoms with Crippen molar-refractivity contribution >= 4 is 11.4 Å². The molecule has 164 valence electrons. The van der Waals surface area contributed by atoms with Gasteiger partial charge < -0.3 is 9.80 Å². The molecular weight excluding hydrogens is 388 g/mol. The molecule has 0 N–H and O–H groups in total. The van der Waals surface area contributed by atoms with Crippen molar-refractivity contribution in [1.82, 2.24) is 0 Å². The van der Waals surface area contributed by atoms with E-state index >= 15 is 0 Å². The molecule has 0 aliphatic heterocycles. The molecule has 0 amide bonds. The lowest BCUT2D eigenvalue weighted by Crippen LogP contribution is -2.25. The van der Waals surface area contributed by atoms with E-state index < -0.39 is 0 Å². The molecule has 0 aromatic heterocycles. The summed E-state index contributed by atoms with van der Waals surface area (Å²) in [6.45, 7) is 8.37. The molecule has 0 saturated carbocycles. The second-order valence-electron chi connectivity index (χ2n) is 8.42. The number of likely N-dealkylation sites (N-methyl/N-ethyl adjacent to an activating group) is 1. The maximum atomic E-state index is 2.43. The molecule has 3 aromatic rings. The lowest BCUT2D eigenvalue weighted by atomic mass is 9.89. The summed E-state index contributed by atoms with van der Waals surface area (Å²) in [4.78, 5) is 4.84. The Morgan fingerprint density at radius 3 is 1.75 bits per heavy atom. The fraction of sp³-hybridized carbons (Fsp3) is 0.267. The van der Waals surface area contributed by atoms with Gasteiger partial charge in [0.05, 0.1) is 0 Å². The van der Waals surface area contributed by atoms with Crippen LogP contribution in [0.1, 0.15) is 37.3 Å². The zero-order valence-electron chi connectivity index (χ0n) is 19.3. The minimum atomic E-state index is 0.469. The van der Waals surface area contributed by atoms with Gasteiger partial charge in [-0.05, 0) is 61.2 Å². The lowest BCUT2D eigenvalue weighted by Gasteiger charge is -2.26. The first-order chi connectivity index (χ1) is 15.8. The number of nitrogens with zero attached hydrogens (tertiary/aromatic N) is 2. The smallest absolute Gasteiger partial charge is 0.0429 e. The number of anilines is 2. The number of hydrogen-bond acceptors (Lipinski definition) is 2. The summed E-state index contributed by atoms with van der Waals surface area (Å²) in [7, 11) is 0. The molecule has 0 bridgehead atoms. The van der Waals surface area contributed by atoms with E-state index in [1.165, 1.54) is 28.1 Å². The van der Waals surface area contributed by atoms with Crippen molar-refractivity contribution in [3.8, 4) is 0 Å². The minimum Gasteiger partial charge on any atom is -0.367 e. The Morgan fingerprint density at radius 1 is 0.688 bits per heavy atom. The molecule has 1 aliphatic rings. The largest absolute Gasteiger partial charge is 0.367 e. The molecule has 2 nitrogen and oxygen atoms in total. The summed E-state index contributed by atoms with van der Waals surface area (Å²) in [5, 5.41) is 0. The lowest BCUT2D eigenvalue weighted by molar-refractivity contribution is 0.814. The standard InChI is InChI=1S/C30H34N2/c1-3-31(29-11-7-5-8-12-29)23-25-15-19-27(20-16-25)28-21-17-26(18-22-28)24-32(4-2)30-13-9-6-10-14-30/h5-21,28H,3-4,22-24H2,1-2H3. The SMILES string of the molecule is CCN(CC1=CCC(c2ccc(CN(CC)c3ccccc3)cc2)C=C1)c1ccccc1. The van der Waals surface area contributed by atoms with E-state index in [9.17, 15) is 0 Å². The number of para-hydroxylation sites is 2. The number of benzene rings is 3. The van der Waals surface area contributed by atoms with Crippen LogP contribution in [0.5, 0.6) is 0 Å². The zero-order chi connectivity index (χ0) is 22.2. The second-order valence-corrected chi connectivity index (χ2v) is 8.42. The quantitative estimate of drug-likeness (QED) is 0.359. The summed E-state index contributed by atoms with van der Waals surface area (Å²) in [5.74, 6) is 0.469. The Balaban J connectivity index is 1.35. The van der Waals surface area contributed by atoms with Gasteiger partial charge in [0, 0.05) is 43.5 Å². The van der Waals surface area contributed by atoms with Crippen molar-refractivity contribution < 1.29 is 0 Å². The van der Waals surface area contributed by atoms with Crippen molar-refractivity contribution in [3.05, 3.63) is 120 Å². The molecule has 4 rings (SSSR count). The summed E-state index contributed by atoms with van der Waals surface area (Å²) in [6.07, 6.45) is 8.19. The molecule has 0 spiro atoms. The van der Waals surface area contributed by atoms with Crippen LogP contribution in [0.25, 0.3) is 0 Å². The Hall–Kier alpha value is -3.26. The van der Waals surface area contributed by atoms with Gasteiger partial charge in [-0.1, -0.05) is 78.9 Å². The average Bonchev–Trinajstić information content (AvgIpc) is 2.87. The van der Waals surface area contributed by atoms with Gasteiger partial charge in [-0.2, -0.15) is 0 Å². The first-order valence-electron chi connectivity index (χ1n) is 11.8. The molecule has 3 aromatic carbocycles. The van der Waals surface area contributed by atoms with Crippen LogP contribution in [0.3, 0.4) is 0 Å². The molecule has 1 unspecified atom stereocenters. The molecule has 1 aliphatic carbocycles. The molecule has 0 fully saturated rings. The van der Waals surface area contributed by atoms with Gasteiger partial charge in [0.2, 0.25) is 0 Å². The van der Waals surface area contributed by atoms with Gasteiger partial charge in [0.25, 0.3) is 0 Å². The highest BCUT2D eigenvalue weighted by Crippen LogP contribution is 2.28. The van der Waals surface area contributed by atoms with E-state index in [0.717, 1.165) is 32.6 Å². The monoisotopic (exact) mass is 422 g/mol. The molecule has 0 heterocycles. The van der Waals surface area contributed by atoms with Crippen molar-refractivity contribution in [1.29, 1.82) is 0 Å². The number of hydrogen-bond donors (Lipinski definition) is 0. The van der Waals surface area contributed by atoms with E-state index in [1.807, 2.05) is 0 Å². The molecule has 32 heavy (non-hydrogen) atoms. The highest BCUT2D eigenvalue weighted by atomic mass is 15.1. The minimum absolute atomic E-state index is 0.469. The Morgan fingerprint density at radius 2 is 1.25 bits per heavy atom. The van der Waals surface area contributed by atoms with Gasteiger partial charge in [0.1, 0.15) is 0 Å². The third-order valence-electron chi connectivity index (χ3n) is 6.34. The van der Waals surface area contributed by atoms with Gasteiger partial charge >= 0.3 is 0 Å². The van der Waals surface area contributed by atoms with Crippen LogP contribution >= 0.6 is 0 Å². The topological polar surface area (TPSA) is 6.48 Å². The van der Waals surface area contributed by atoms with E-state index in [0.29, 0.717) is 5.92 Å². The predicted octanol–water partition coefficient (Wildman–Crippen LogP) is 7.21. The predicted molar refractivity (Wildman–Crippen MR) is 139 cm³/mol. The highest BCUT2D eigenvalue weighted by molar-refractivity contribution is 5.49. The second kappa shape index (κ2) is 10.9. The average molecular weight is 423 g/mol. The third kappa shape index (κ3) is 5.50. The third-order valence-corrected chi connectivity index (χ3v) is 6.34. The van der Waals surface area contributed by atoms with Crippen LogP contribution in [0, 0.1) is 0 Å². The van der Waals surface area contributed by atoms with E-state index in [-0.39, 0.29) is 0 Å². The van der Waals surface area contributed by atoms with E-state index in [2.05, 4.69) is 127 Å². The molecule has 0 radical (unpaired) electrons.